The van der Waals surface area contributed by atoms with Gasteiger partial charge in [0.1, 0.15) is 0 Å². The molecule has 3 aliphatic rings. The van der Waals surface area contributed by atoms with Crippen LogP contribution < -0.4 is 0 Å². The minimum absolute atomic E-state index is 0.611. The summed E-state index contributed by atoms with van der Waals surface area (Å²) in [5.41, 5.74) is 0. The van der Waals surface area contributed by atoms with Gasteiger partial charge in [0.05, 0.1) is 0 Å². The third-order valence-corrected chi connectivity index (χ3v) is 3.91. The number of fused-ring (bicyclic) bond motifs is 5. The summed E-state index contributed by atoms with van der Waals surface area (Å²) >= 11 is 0. The van der Waals surface area contributed by atoms with Gasteiger partial charge in [0.15, 0.2) is 6.29 Å². The Hall–Kier alpha value is -1.35. The lowest BCUT2D eigenvalue weighted by Gasteiger charge is -2.18. The highest BCUT2D eigenvalue weighted by molar-refractivity contribution is 5.81. The summed E-state index contributed by atoms with van der Waals surface area (Å²) in [4.78, 5) is 10.1. The van der Waals surface area contributed by atoms with E-state index in [1.807, 2.05) is 0 Å². The molecular weight excluding hydrogens is 228 g/mol. The van der Waals surface area contributed by atoms with Gasteiger partial charge in [-0.05, 0) is 43.4 Å². The first-order valence-electron chi connectivity index (χ1n) is 6.48. The van der Waals surface area contributed by atoms with Crippen LogP contribution in [0.5, 0.6) is 0 Å². The summed E-state index contributed by atoms with van der Waals surface area (Å²) in [7, 11) is 0. The number of hydrogen-bond donors (Lipinski definition) is 1. The van der Waals surface area contributed by atoms with Crippen molar-refractivity contribution in [2.45, 2.75) is 26.1 Å². The third-order valence-electron chi connectivity index (χ3n) is 3.91. The number of ether oxygens (including phenoxy) is 1. The van der Waals surface area contributed by atoms with E-state index in [4.69, 9.17) is 5.11 Å². The maximum Gasteiger partial charge on any atom is 0.332 e. The zero-order valence-corrected chi connectivity index (χ0v) is 10.7. The van der Waals surface area contributed by atoms with Gasteiger partial charge in [-0.2, -0.15) is 0 Å². The zero-order chi connectivity index (χ0) is 13.1. The van der Waals surface area contributed by atoms with Gasteiger partial charge in [-0.25, -0.2) is 4.79 Å². The van der Waals surface area contributed by atoms with E-state index in [2.05, 4.69) is 35.6 Å². The molecule has 0 aromatic heterocycles. The first kappa shape index (κ1) is 13.1. The number of allylic oxidation sites excluding steroid dienone is 4. The first-order chi connectivity index (χ1) is 8.61. The molecule has 0 heterocycles. The van der Waals surface area contributed by atoms with Crippen molar-refractivity contribution >= 4 is 5.97 Å². The average Bonchev–Trinajstić information content (AvgIpc) is 3.02. The minimum Gasteiger partial charge on any atom is -0.433 e. The Kier molecular flexibility index (Phi) is 4.02. The van der Waals surface area contributed by atoms with E-state index in [1.54, 1.807) is 0 Å². The molecule has 3 heteroatoms. The zero-order valence-electron chi connectivity index (χ0n) is 10.7. The van der Waals surface area contributed by atoms with E-state index in [9.17, 15) is 4.79 Å². The molecule has 18 heavy (non-hydrogen) atoms. The fraction of sp³-hybridized carbons (Fsp3) is 0.533. The molecule has 3 rings (SSSR count). The molecule has 0 aromatic rings. The quantitative estimate of drug-likeness (QED) is 0.353. The van der Waals surface area contributed by atoms with Crippen molar-refractivity contribution in [1.82, 2.24) is 0 Å². The van der Waals surface area contributed by atoms with E-state index < -0.39 is 12.3 Å². The standard InChI is InChI=1S/C10H12.C5H8O3/c1-2-9-7-4-5-8(6-7)10(9)3-1;1-3-5(7)8-4(2)6/h1-2,4-5,7-10H,3,6H2;3-4,6H,1H2,2H3. The van der Waals surface area contributed by atoms with E-state index in [0.29, 0.717) is 0 Å². The van der Waals surface area contributed by atoms with Gasteiger partial charge in [0.2, 0.25) is 0 Å². The van der Waals surface area contributed by atoms with E-state index >= 15 is 0 Å². The lowest BCUT2D eigenvalue weighted by atomic mass is 9.86. The molecule has 1 saturated carbocycles. The molecule has 3 nitrogen and oxygen atoms in total. The van der Waals surface area contributed by atoms with Crippen LogP contribution in [-0.4, -0.2) is 17.4 Å². The normalized spacial score (nSPS) is 35.7. The van der Waals surface area contributed by atoms with Gasteiger partial charge in [-0.3, -0.25) is 0 Å². The van der Waals surface area contributed by atoms with Gasteiger partial charge in [-0.1, -0.05) is 30.9 Å². The largest absolute Gasteiger partial charge is 0.433 e. The molecular formula is C15H20O3. The number of rotatable bonds is 2. The van der Waals surface area contributed by atoms with E-state index in [1.165, 1.54) is 19.8 Å². The lowest BCUT2D eigenvalue weighted by molar-refractivity contribution is -0.158. The van der Waals surface area contributed by atoms with Gasteiger partial charge >= 0.3 is 5.97 Å². The maximum absolute atomic E-state index is 10.1. The Bertz CT molecular complexity index is 381. The van der Waals surface area contributed by atoms with Gasteiger partial charge < -0.3 is 9.84 Å². The Morgan fingerprint density at radius 1 is 1.44 bits per heavy atom. The number of carbonyl (C=O) groups excluding carboxylic acids is 1. The van der Waals surface area contributed by atoms with Crippen LogP contribution in [0.15, 0.2) is 37.0 Å². The second-order valence-corrected chi connectivity index (χ2v) is 5.09. The van der Waals surface area contributed by atoms with Crippen molar-refractivity contribution in [2.24, 2.45) is 23.7 Å². The van der Waals surface area contributed by atoms with Crippen molar-refractivity contribution in [3.05, 3.63) is 37.0 Å². The van der Waals surface area contributed by atoms with Gasteiger partial charge in [0, 0.05) is 6.08 Å². The number of aliphatic hydroxyl groups is 1. The Morgan fingerprint density at radius 2 is 2.17 bits per heavy atom. The van der Waals surface area contributed by atoms with Crippen molar-refractivity contribution in [1.29, 1.82) is 0 Å². The van der Waals surface area contributed by atoms with Crippen LogP contribution in [0.2, 0.25) is 0 Å². The second kappa shape index (κ2) is 5.53. The van der Waals surface area contributed by atoms with Crippen LogP contribution in [0.1, 0.15) is 19.8 Å². The number of carbonyl (C=O) groups is 1. The Balaban J connectivity index is 0.000000139. The molecule has 0 radical (unpaired) electrons. The topological polar surface area (TPSA) is 46.5 Å². The summed E-state index contributed by atoms with van der Waals surface area (Å²) in [6.45, 7) is 4.48. The molecule has 98 valence electrons. The predicted octanol–water partition coefficient (Wildman–Crippen LogP) is 2.44. The van der Waals surface area contributed by atoms with Crippen LogP contribution >= 0.6 is 0 Å². The van der Waals surface area contributed by atoms with E-state index in [-0.39, 0.29) is 0 Å². The molecule has 0 saturated heterocycles. The monoisotopic (exact) mass is 248 g/mol. The van der Waals surface area contributed by atoms with Crippen molar-refractivity contribution in [2.75, 3.05) is 0 Å². The first-order valence-corrected chi connectivity index (χ1v) is 6.48. The lowest BCUT2D eigenvalue weighted by Crippen LogP contribution is -2.12. The maximum atomic E-state index is 10.1. The van der Waals surface area contributed by atoms with Crippen LogP contribution in [0, 0.1) is 23.7 Å². The highest BCUT2D eigenvalue weighted by Gasteiger charge is 2.44. The summed E-state index contributed by atoms with van der Waals surface area (Å²) in [5.74, 6) is 3.21. The molecule has 1 N–H and O–H groups in total. The molecule has 0 aromatic carbocycles. The predicted molar refractivity (Wildman–Crippen MR) is 69.4 cm³/mol. The number of aliphatic hydroxyl groups excluding tert-OH is 1. The summed E-state index contributed by atoms with van der Waals surface area (Å²) in [5, 5.41) is 8.36. The van der Waals surface area contributed by atoms with Crippen molar-refractivity contribution in [3.8, 4) is 0 Å². The van der Waals surface area contributed by atoms with Crippen LogP contribution in [0.25, 0.3) is 0 Å². The summed E-state index contributed by atoms with van der Waals surface area (Å²) in [6, 6.07) is 0. The van der Waals surface area contributed by atoms with Crippen LogP contribution in [0.4, 0.5) is 0 Å². The highest BCUT2D eigenvalue weighted by atomic mass is 16.6. The van der Waals surface area contributed by atoms with Crippen LogP contribution in [-0.2, 0) is 9.53 Å². The minimum atomic E-state index is -1.04. The fourth-order valence-electron chi connectivity index (χ4n) is 3.19. The molecule has 1 fully saturated rings. The Labute approximate surface area is 108 Å². The highest BCUT2D eigenvalue weighted by Crippen LogP contribution is 2.52. The molecule has 5 atom stereocenters. The van der Waals surface area contributed by atoms with Gasteiger partial charge in [-0.15, -0.1) is 0 Å². The summed E-state index contributed by atoms with van der Waals surface area (Å²) in [6.07, 6.45) is 12.5. The van der Waals surface area contributed by atoms with Crippen molar-refractivity contribution in [3.63, 3.8) is 0 Å². The van der Waals surface area contributed by atoms with Gasteiger partial charge in [0.25, 0.3) is 0 Å². The van der Waals surface area contributed by atoms with E-state index in [0.717, 1.165) is 29.7 Å². The molecule has 0 amide bonds. The molecule has 5 unspecified atom stereocenters. The van der Waals surface area contributed by atoms with Crippen molar-refractivity contribution < 1.29 is 14.6 Å². The molecule has 0 spiro atoms. The number of esters is 1. The van der Waals surface area contributed by atoms with Crippen LogP contribution in [0.3, 0.4) is 0 Å². The molecule has 2 bridgehead atoms. The Morgan fingerprint density at radius 3 is 2.72 bits per heavy atom. The summed E-state index contributed by atoms with van der Waals surface area (Å²) < 4.78 is 4.20. The second-order valence-electron chi connectivity index (χ2n) is 5.09. The number of hydrogen-bond acceptors (Lipinski definition) is 3. The SMILES string of the molecule is C1=CC2C3C=CC(C3)C2C1.C=CC(=O)OC(C)O. The molecule has 3 aliphatic carbocycles. The molecule has 0 aliphatic heterocycles. The smallest absolute Gasteiger partial charge is 0.332 e. The average molecular weight is 248 g/mol. The fourth-order valence-corrected chi connectivity index (χ4v) is 3.19. The third kappa shape index (κ3) is 2.72.